The van der Waals surface area contributed by atoms with Gasteiger partial charge >= 0.3 is 5.97 Å². The van der Waals surface area contributed by atoms with Crippen LogP contribution in [0.25, 0.3) is 16.5 Å². The van der Waals surface area contributed by atoms with E-state index in [-0.39, 0.29) is 5.92 Å². The van der Waals surface area contributed by atoms with Crippen LogP contribution in [0.1, 0.15) is 39.7 Å². The maximum absolute atomic E-state index is 11.6. The quantitative estimate of drug-likeness (QED) is 0.311. The fourth-order valence-corrected chi connectivity index (χ4v) is 2.80. The SMILES string of the molecule is C=C(/C=C(\C=C/C)C(/C=C(/C(=O)O)C(C)C)=NC)c1cnc2ccccc2c1.CCCN. The first-order valence-corrected chi connectivity index (χ1v) is 10.8. The molecule has 2 rings (SSSR count). The number of hydrogen-bond acceptors (Lipinski definition) is 4. The third-order valence-corrected chi connectivity index (χ3v) is 4.62. The Balaban J connectivity index is 0.00000118. The molecule has 32 heavy (non-hydrogen) atoms. The van der Waals surface area contributed by atoms with E-state index in [4.69, 9.17) is 5.73 Å². The summed E-state index contributed by atoms with van der Waals surface area (Å²) in [5.74, 6) is -1.05. The number of benzene rings is 1. The van der Waals surface area contributed by atoms with Crippen LogP contribution in [-0.2, 0) is 4.79 Å². The van der Waals surface area contributed by atoms with E-state index >= 15 is 0 Å². The van der Waals surface area contributed by atoms with Crippen molar-refractivity contribution in [3.05, 3.63) is 84.1 Å². The molecule has 0 amide bonds. The smallest absolute Gasteiger partial charge is 0.331 e. The number of pyridine rings is 1. The molecule has 0 unspecified atom stereocenters. The normalized spacial score (nSPS) is 12.8. The molecule has 0 radical (unpaired) electrons. The molecule has 2 aromatic rings. The van der Waals surface area contributed by atoms with Crippen molar-refractivity contribution >= 4 is 28.2 Å². The Bertz CT molecular complexity index is 1040. The molecule has 5 heteroatoms. The van der Waals surface area contributed by atoms with Crippen LogP contribution in [0.15, 0.2) is 83.6 Å². The van der Waals surface area contributed by atoms with Crippen LogP contribution in [-0.4, -0.2) is 35.4 Å². The van der Waals surface area contributed by atoms with Crippen molar-refractivity contribution in [1.82, 2.24) is 4.98 Å². The number of para-hydroxylation sites is 1. The fourth-order valence-electron chi connectivity index (χ4n) is 2.80. The summed E-state index contributed by atoms with van der Waals surface area (Å²) < 4.78 is 0. The predicted molar refractivity (Wildman–Crippen MR) is 137 cm³/mol. The molecule has 0 atom stereocenters. The number of hydrogen-bond donors (Lipinski definition) is 2. The van der Waals surface area contributed by atoms with Crippen LogP contribution in [0, 0.1) is 5.92 Å². The molecule has 0 aliphatic rings. The zero-order chi connectivity index (χ0) is 24.1. The number of aliphatic imine (C=N–C) groups is 1. The molecule has 5 nitrogen and oxygen atoms in total. The number of carboxylic acid groups (broad SMARTS) is 1. The third-order valence-electron chi connectivity index (χ3n) is 4.62. The molecule has 0 fully saturated rings. The van der Waals surface area contributed by atoms with Crippen LogP contribution >= 0.6 is 0 Å². The first-order valence-electron chi connectivity index (χ1n) is 10.8. The molecular formula is C27H35N3O2. The van der Waals surface area contributed by atoms with Crippen LogP contribution in [0.2, 0.25) is 0 Å². The Morgan fingerprint density at radius 1 is 1.28 bits per heavy atom. The number of aliphatic carboxylic acids is 1. The van der Waals surface area contributed by atoms with Gasteiger partial charge in [-0.3, -0.25) is 9.98 Å². The minimum Gasteiger partial charge on any atom is -0.478 e. The number of nitrogens with two attached hydrogens (primary N) is 1. The van der Waals surface area contributed by atoms with Gasteiger partial charge in [-0.05, 0) is 61.2 Å². The van der Waals surface area contributed by atoms with Gasteiger partial charge in [-0.2, -0.15) is 0 Å². The van der Waals surface area contributed by atoms with Crippen molar-refractivity contribution in [3.8, 4) is 0 Å². The zero-order valence-corrected chi connectivity index (χ0v) is 19.8. The van der Waals surface area contributed by atoms with Gasteiger partial charge in [0, 0.05) is 29.8 Å². The number of carboxylic acids is 1. The molecule has 3 N–H and O–H groups in total. The lowest BCUT2D eigenvalue weighted by Crippen LogP contribution is -2.10. The van der Waals surface area contributed by atoms with Gasteiger partial charge in [0.1, 0.15) is 0 Å². The van der Waals surface area contributed by atoms with Crippen molar-refractivity contribution in [2.75, 3.05) is 13.6 Å². The highest BCUT2D eigenvalue weighted by molar-refractivity contribution is 6.14. The lowest BCUT2D eigenvalue weighted by molar-refractivity contribution is -0.133. The highest BCUT2D eigenvalue weighted by Gasteiger charge is 2.14. The van der Waals surface area contributed by atoms with Crippen LogP contribution in [0.4, 0.5) is 0 Å². The summed E-state index contributed by atoms with van der Waals surface area (Å²) >= 11 is 0. The number of fused-ring (bicyclic) bond motifs is 1. The average molecular weight is 434 g/mol. The van der Waals surface area contributed by atoms with E-state index in [1.165, 1.54) is 0 Å². The third kappa shape index (κ3) is 8.08. The summed E-state index contributed by atoms with van der Waals surface area (Å²) in [4.78, 5) is 20.4. The van der Waals surface area contributed by atoms with Gasteiger partial charge in [0.05, 0.1) is 11.2 Å². The summed E-state index contributed by atoms with van der Waals surface area (Å²) in [5, 5.41) is 10.5. The first-order chi connectivity index (χ1) is 15.3. The standard InChI is InChI=1S/C24H26N2O2.C3H9N/c1-6-9-18(23(25-5)14-21(16(2)3)24(27)28)12-17(4)20-13-19-10-7-8-11-22(19)26-15-20;1-2-3-4/h6-16H,4H2,1-3,5H3,(H,27,28);2-4H2,1H3/b9-6-,18-12+,21-14+,25-23?;. The van der Waals surface area contributed by atoms with Gasteiger partial charge in [0.25, 0.3) is 0 Å². The van der Waals surface area contributed by atoms with Gasteiger partial charge in [0.15, 0.2) is 0 Å². The second-order valence-corrected chi connectivity index (χ2v) is 7.50. The van der Waals surface area contributed by atoms with E-state index in [0.29, 0.717) is 11.3 Å². The van der Waals surface area contributed by atoms with Crippen molar-refractivity contribution < 1.29 is 9.90 Å². The van der Waals surface area contributed by atoms with Gasteiger partial charge in [-0.15, -0.1) is 0 Å². The summed E-state index contributed by atoms with van der Waals surface area (Å²) in [6, 6.07) is 9.96. The minimum absolute atomic E-state index is 0.117. The number of allylic oxidation sites excluding steroid dienone is 6. The van der Waals surface area contributed by atoms with Crippen LogP contribution < -0.4 is 5.73 Å². The lowest BCUT2D eigenvalue weighted by Gasteiger charge is -2.10. The first kappa shape index (κ1) is 26.7. The number of nitrogens with zero attached hydrogens (tertiary/aromatic N) is 2. The molecule has 170 valence electrons. The molecule has 1 aromatic carbocycles. The predicted octanol–water partition coefficient (Wildman–Crippen LogP) is 5.84. The van der Waals surface area contributed by atoms with E-state index in [2.05, 4.69) is 23.5 Å². The molecule has 0 saturated heterocycles. The zero-order valence-electron chi connectivity index (χ0n) is 19.8. The van der Waals surface area contributed by atoms with Crippen molar-refractivity contribution in [1.29, 1.82) is 0 Å². The highest BCUT2D eigenvalue weighted by atomic mass is 16.4. The summed E-state index contributed by atoms with van der Waals surface area (Å²) in [6.07, 6.45) is 10.2. The van der Waals surface area contributed by atoms with E-state index in [1.54, 1.807) is 19.3 Å². The molecule has 0 aliphatic heterocycles. The minimum atomic E-state index is -0.937. The van der Waals surface area contributed by atoms with Gasteiger partial charge < -0.3 is 10.8 Å². The van der Waals surface area contributed by atoms with Crippen molar-refractivity contribution in [3.63, 3.8) is 0 Å². The summed E-state index contributed by atoms with van der Waals surface area (Å²) in [7, 11) is 1.66. The number of rotatable bonds is 8. The monoisotopic (exact) mass is 433 g/mol. The largest absolute Gasteiger partial charge is 0.478 e. The maximum atomic E-state index is 11.6. The van der Waals surface area contributed by atoms with Crippen LogP contribution in [0.5, 0.6) is 0 Å². The summed E-state index contributed by atoms with van der Waals surface area (Å²) in [5.41, 5.74) is 9.35. The molecule has 0 bridgehead atoms. The van der Waals surface area contributed by atoms with Crippen molar-refractivity contribution in [2.24, 2.45) is 16.6 Å². The average Bonchev–Trinajstić information content (AvgIpc) is 2.78. The van der Waals surface area contributed by atoms with E-state index in [9.17, 15) is 9.90 Å². The summed E-state index contributed by atoms with van der Waals surface area (Å²) in [6.45, 7) is 12.7. The fraction of sp³-hybridized carbons (Fsp3) is 0.296. The Kier molecular flexibility index (Phi) is 11.6. The van der Waals surface area contributed by atoms with Gasteiger partial charge in [-0.25, -0.2) is 4.79 Å². The van der Waals surface area contributed by atoms with E-state index in [0.717, 1.165) is 40.6 Å². The molecule has 0 spiro atoms. The van der Waals surface area contributed by atoms with E-state index < -0.39 is 5.97 Å². The highest BCUT2D eigenvalue weighted by Crippen LogP contribution is 2.22. The Morgan fingerprint density at radius 3 is 2.47 bits per heavy atom. The van der Waals surface area contributed by atoms with Crippen LogP contribution in [0.3, 0.4) is 0 Å². The maximum Gasteiger partial charge on any atom is 0.331 e. The second-order valence-electron chi connectivity index (χ2n) is 7.50. The number of carbonyl (C=O) groups is 1. The Hall–Kier alpha value is -3.31. The molecule has 1 heterocycles. The topological polar surface area (TPSA) is 88.6 Å². The lowest BCUT2D eigenvalue weighted by atomic mass is 9.97. The molecule has 1 aromatic heterocycles. The van der Waals surface area contributed by atoms with Gasteiger partial charge in [-0.1, -0.05) is 57.7 Å². The molecular weight excluding hydrogens is 398 g/mol. The van der Waals surface area contributed by atoms with Crippen molar-refractivity contribution in [2.45, 2.75) is 34.1 Å². The van der Waals surface area contributed by atoms with Gasteiger partial charge in [0.2, 0.25) is 0 Å². The Labute approximate surface area is 191 Å². The second kappa shape index (κ2) is 13.9. The molecule has 0 aliphatic carbocycles. The van der Waals surface area contributed by atoms with E-state index in [1.807, 2.05) is 69.3 Å². The molecule has 0 saturated carbocycles. The Morgan fingerprint density at radius 2 is 1.94 bits per heavy atom. The number of aromatic nitrogens is 1.